The first kappa shape index (κ1) is 14.9. The Morgan fingerprint density at radius 1 is 1.07 bits per heavy atom. The van der Waals surface area contributed by atoms with E-state index in [1.807, 2.05) is 6.92 Å². The van der Waals surface area contributed by atoms with Gasteiger partial charge in [0.25, 0.3) is 0 Å². The fraction of sp³-hybridized carbons (Fsp3) is 1.00. The Morgan fingerprint density at radius 3 is 2.40 bits per heavy atom. The summed E-state index contributed by atoms with van der Waals surface area (Å²) in [5, 5.41) is 12.4. The van der Waals surface area contributed by atoms with Gasteiger partial charge in [-0.25, -0.2) is 0 Å². The largest absolute Gasteiger partial charge is 0.367 e. The third-order valence-electron chi connectivity index (χ3n) is 2.39. The van der Waals surface area contributed by atoms with E-state index >= 15 is 0 Å². The average molecular weight is 217 g/mol. The van der Waals surface area contributed by atoms with E-state index in [-0.39, 0.29) is 0 Å². The number of unbranched alkanes of at least 4 members (excludes halogenated alkanes) is 5. The van der Waals surface area contributed by atoms with Gasteiger partial charge in [-0.1, -0.05) is 39.0 Å². The summed E-state index contributed by atoms with van der Waals surface area (Å²) in [5.74, 6) is 0. The second kappa shape index (κ2) is 12.0. The third-order valence-corrected chi connectivity index (χ3v) is 2.39. The van der Waals surface area contributed by atoms with Gasteiger partial charge in [-0.3, -0.25) is 0 Å². The number of nitrogens with one attached hydrogen (secondary N) is 1. The molecule has 3 nitrogen and oxygen atoms in total. The van der Waals surface area contributed by atoms with Crippen LogP contribution in [0, 0.1) is 0 Å². The summed E-state index contributed by atoms with van der Waals surface area (Å²) in [6, 6.07) is 0. The van der Waals surface area contributed by atoms with E-state index in [0.717, 1.165) is 6.54 Å². The van der Waals surface area contributed by atoms with Crippen LogP contribution in [0.3, 0.4) is 0 Å². The molecular formula is C12H27NO2. The minimum atomic E-state index is -0.643. The molecule has 0 rings (SSSR count). The predicted molar refractivity (Wildman–Crippen MR) is 63.9 cm³/mol. The second-order valence-corrected chi connectivity index (χ2v) is 3.88. The zero-order valence-corrected chi connectivity index (χ0v) is 10.3. The van der Waals surface area contributed by atoms with Crippen molar-refractivity contribution >= 4 is 0 Å². The first-order valence-corrected chi connectivity index (χ1v) is 6.31. The lowest BCUT2D eigenvalue weighted by Gasteiger charge is -2.11. The molecule has 92 valence electrons. The van der Waals surface area contributed by atoms with Crippen molar-refractivity contribution in [2.24, 2.45) is 0 Å². The summed E-state index contributed by atoms with van der Waals surface area (Å²) in [7, 11) is 0. The molecule has 1 atom stereocenters. The molecule has 0 aliphatic rings. The van der Waals surface area contributed by atoms with Crippen LogP contribution in [0.2, 0.25) is 0 Å². The average Bonchev–Trinajstić information content (AvgIpc) is 2.22. The molecule has 1 unspecified atom stereocenters. The second-order valence-electron chi connectivity index (χ2n) is 3.88. The highest BCUT2D eigenvalue weighted by atomic mass is 16.6. The monoisotopic (exact) mass is 217 g/mol. The van der Waals surface area contributed by atoms with E-state index in [4.69, 9.17) is 4.74 Å². The van der Waals surface area contributed by atoms with Gasteiger partial charge in [0.2, 0.25) is 0 Å². The smallest absolute Gasteiger partial charge is 0.167 e. The molecule has 0 saturated heterocycles. The summed E-state index contributed by atoms with van der Waals surface area (Å²) in [6.45, 7) is 6.21. The molecule has 0 aliphatic heterocycles. The van der Waals surface area contributed by atoms with Gasteiger partial charge in [0.15, 0.2) is 6.29 Å². The van der Waals surface area contributed by atoms with E-state index in [1.54, 1.807) is 0 Å². The maximum absolute atomic E-state index is 9.24. The van der Waals surface area contributed by atoms with Crippen LogP contribution < -0.4 is 5.32 Å². The van der Waals surface area contributed by atoms with Crippen molar-refractivity contribution in [2.45, 2.75) is 58.7 Å². The van der Waals surface area contributed by atoms with Crippen LogP contribution in [0.1, 0.15) is 52.4 Å². The summed E-state index contributed by atoms with van der Waals surface area (Å²) in [4.78, 5) is 0. The lowest BCUT2D eigenvalue weighted by molar-refractivity contribution is -0.0912. The summed E-state index contributed by atoms with van der Waals surface area (Å²) in [6.07, 6.45) is 7.20. The predicted octanol–water partition coefficient (Wildman–Crippen LogP) is 2.29. The van der Waals surface area contributed by atoms with Crippen molar-refractivity contribution in [3.63, 3.8) is 0 Å². The van der Waals surface area contributed by atoms with E-state index < -0.39 is 6.29 Å². The van der Waals surface area contributed by atoms with Crippen LogP contribution in [0.25, 0.3) is 0 Å². The highest BCUT2D eigenvalue weighted by Crippen LogP contribution is 2.03. The molecule has 0 saturated carbocycles. The molecule has 0 aromatic carbocycles. The van der Waals surface area contributed by atoms with Gasteiger partial charge < -0.3 is 15.2 Å². The van der Waals surface area contributed by atoms with Crippen molar-refractivity contribution in [3.8, 4) is 0 Å². The Balaban J connectivity index is 2.98. The molecule has 0 heterocycles. The van der Waals surface area contributed by atoms with Crippen LogP contribution in [-0.2, 0) is 4.74 Å². The fourth-order valence-corrected chi connectivity index (χ4v) is 1.51. The van der Waals surface area contributed by atoms with Crippen molar-refractivity contribution in [1.82, 2.24) is 5.32 Å². The van der Waals surface area contributed by atoms with Gasteiger partial charge in [0.05, 0.1) is 0 Å². The highest BCUT2D eigenvalue weighted by molar-refractivity contribution is 4.51. The maximum atomic E-state index is 9.24. The SMILES string of the molecule is CCCCCCCCNCC(O)OCC. The van der Waals surface area contributed by atoms with E-state index in [9.17, 15) is 5.11 Å². The topological polar surface area (TPSA) is 41.5 Å². The Bertz CT molecular complexity index is 120. The van der Waals surface area contributed by atoms with Crippen LogP contribution in [0.4, 0.5) is 0 Å². The van der Waals surface area contributed by atoms with Crippen LogP contribution >= 0.6 is 0 Å². The standard InChI is InChI=1S/C12H27NO2/c1-3-5-6-7-8-9-10-13-11-12(14)15-4-2/h12-14H,3-11H2,1-2H3. The number of hydrogen-bond acceptors (Lipinski definition) is 3. The molecule has 0 spiro atoms. The molecule has 0 aromatic heterocycles. The van der Waals surface area contributed by atoms with Crippen molar-refractivity contribution < 1.29 is 9.84 Å². The molecule has 15 heavy (non-hydrogen) atoms. The molecule has 0 aliphatic carbocycles. The molecule has 0 amide bonds. The number of rotatable bonds is 11. The first-order valence-electron chi connectivity index (χ1n) is 6.31. The Kier molecular flexibility index (Phi) is 11.9. The molecular weight excluding hydrogens is 190 g/mol. The zero-order chi connectivity index (χ0) is 11.4. The van der Waals surface area contributed by atoms with Gasteiger partial charge >= 0.3 is 0 Å². The first-order chi connectivity index (χ1) is 7.31. The van der Waals surface area contributed by atoms with Gasteiger partial charge in [-0.2, -0.15) is 0 Å². The van der Waals surface area contributed by atoms with Gasteiger partial charge in [-0.15, -0.1) is 0 Å². The Labute approximate surface area is 94.2 Å². The van der Waals surface area contributed by atoms with Crippen molar-refractivity contribution in [2.75, 3.05) is 19.7 Å². The molecule has 0 bridgehead atoms. The zero-order valence-electron chi connectivity index (χ0n) is 10.3. The number of hydrogen-bond donors (Lipinski definition) is 2. The van der Waals surface area contributed by atoms with Crippen molar-refractivity contribution in [3.05, 3.63) is 0 Å². The van der Waals surface area contributed by atoms with Gasteiger partial charge in [0, 0.05) is 13.2 Å². The quantitative estimate of drug-likeness (QED) is 0.412. The molecule has 0 radical (unpaired) electrons. The van der Waals surface area contributed by atoms with Crippen LogP contribution in [-0.4, -0.2) is 31.1 Å². The number of aliphatic hydroxyl groups is 1. The normalized spacial score (nSPS) is 13.0. The minimum absolute atomic E-state index is 0.544. The number of aliphatic hydroxyl groups excluding tert-OH is 1. The van der Waals surface area contributed by atoms with Crippen LogP contribution in [0.5, 0.6) is 0 Å². The Morgan fingerprint density at radius 2 is 1.73 bits per heavy atom. The molecule has 3 heteroatoms. The van der Waals surface area contributed by atoms with E-state index in [0.29, 0.717) is 13.2 Å². The van der Waals surface area contributed by atoms with Crippen LogP contribution in [0.15, 0.2) is 0 Å². The van der Waals surface area contributed by atoms with Gasteiger partial charge in [0.1, 0.15) is 0 Å². The Hall–Kier alpha value is -0.120. The fourth-order valence-electron chi connectivity index (χ4n) is 1.51. The lowest BCUT2D eigenvalue weighted by atomic mass is 10.1. The molecule has 2 N–H and O–H groups in total. The van der Waals surface area contributed by atoms with Gasteiger partial charge in [-0.05, 0) is 19.9 Å². The number of ether oxygens (including phenoxy) is 1. The molecule has 0 fully saturated rings. The highest BCUT2D eigenvalue weighted by Gasteiger charge is 2.00. The summed E-state index contributed by atoms with van der Waals surface area (Å²) in [5.41, 5.74) is 0. The van der Waals surface area contributed by atoms with E-state index in [2.05, 4.69) is 12.2 Å². The lowest BCUT2D eigenvalue weighted by Crippen LogP contribution is -2.29. The van der Waals surface area contributed by atoms with Crippen molar-refractivity contribution in [1.29, 1.82) is 0 Å². The third kappa shape index (κ3) is 11.8. The summed E-state index contributed by atoms with van der Waals surface area (Å²) < 4.78 is 4.99. The maximum Gasteiger partial charge on any atom is 0.167 e. The van der Waals surface area contributed by atoms with E-state index in [1.165, 1.54) is 38.5 Å². The summed E-state index contributed by atoms with van der Waals surface area (Å²) >= 11 is 0. The molecule has 0 aromatic rings. The minimum Gasteiger partial charge on any atom is -0.367 e.